The second-order valence-electron chi connectivity index (χ2n) is 5.31. The Balaban J connectivity index is 1.53. The van der Waals surface area contributed by atoms with E-state index in [1.54, 1.807) is 4.90 Å². The van der Waals surface area contributed by atoms with Gasteiger partial charge in [-0.05, 0) is 26.0 Å². The maximum atomic E-state index is 12.4. The summed E-state index contributed by atoms with van der Waals surface area (Å²) in [6, 6.07) is 7.59. The summed E-state index contributed by atoms with van der Waals surface area (Å²) >= 11 is 2.93. The zero-order valence-corrected chi connectivity index (χ0v) is 15.2. The average Bonchev–Trinajstić information content (AvgIpc) is 3.02. The molecule has 0 radical (unpaired) electrons. The lowest BCUT2D eigenvalue weighted by atomic mass is 10.2. The van der Waals surface area contributed by atoms with Crippen molar-refractivity contribution in [3.8, 4) is 11.5 Å². The monoisotopic (exact) mass is 365 g/mol. The predicted octanol–water partition coefficient (Wildman–Crippen LogP) is 2.63. The molecule has 1 atom stereocenters. The van der Waals surface area contributed by atoms with Crippen LogP contribution in [0.4, 0.5) is 0 Å². The topological polar surface area (TPSA) is 64.6 Å². The van der Waals surface area contributed by atoms with Crippen molar-refractivity contribution in [2.75, 3.05) is 25.4 Å². The Morgan fingerprint density at radius 3 is 2.88 bits per heavy atom. The maximum Gasteiger partial charge on any atom is 0.233 e. The minimum absolute atomic E-state index is 0.0674. The fraction of sp³-hybridized carbons (Fsp3) is 0.438. The summed E-state index contributed by atoms with van der Waals surface area (Å²) in [4.78, 5) is 14.2. The zero-order valence-electron chi connectivity index (χ0n) is 13.6. The molecular formula is C16H19N3O3S2. The number of ether oxygens (including phenoxy) is 2. The van der Waals surface area contributed by atoms with Crippen molar-refractivity contribution in [1.29, 1.82) is 0 Å². The van der Waals surface area contributed by atoms with Crippen LogP contribution in [0.2, 0.25) is 0 Å². The first kappa shape index (κ1) is 17.0. The van der Waals surface area contributed by atoms with Crippen molar-refractivity contribution in [1.82, 2.24) is 15.1 Å². The van der Waals surface area contributed by atoms with Crippen LogP contribution in [0.3, 0.4) is 0 Å². The Bertz CT molecular complexity index is 707. The third-order valence-electron chi connectivity index (χ3n) is 3.55. The van der Waals surface area contributed by atoms with Crippen LogP contribution in [0.25, 0.3) is 0 Å². The molecule has 0 spiro atoms. The first-order chi connectivity index (χ1) is 11.7. The van der Waals surface area contributed by atoms with E-state index in [9.17, 15) is 4.79 Å². The number of benzene rings is 1. The van der Waals surface area contributed by atoms with E-state index < -0.39 is 0 Å². The highest BCUT2D eigenvalue weighted by molar-refractivity contribution is 8.01. The number of aryl methyl sites for hydroxylation is 1. The normalized spacial score (nSPS) is 16.0. The van der Waals surface area contributed by atoms with E-state index in [2.05, 4.69) is 10.2 Å². The first-order valence-electron chi connectivity index (χ1n) is 7.75. The molecule has 0 fully saturated rings. The Morgan fingerprint density at radius 2 is 2.17 bits per heavy atom. The Morgan fingerprint density at radius 1 is 1.38 bits per heavy atom. The molecule has 0 bridgehead atoms. The molecule has 1 aliphatic rings. The highest BCUT2D eigenvalue weighted by Gasteiger charge is 2.24. The van der Waals surface area contributed by atoms with Crippen LogP contribution >= 0.6 is 23.1 Å². The van der Waals surface area contributed by atoms with Gasteiger partial charge in [0.1, 0.15) is 11.6 Å². The number of carbonyl (C=O) groups excluding carboxylic acids is 1. The Labute approximate surface area is 149 Å². The van der Waals surface area contributed by atoms with Gasteiger partial charge in [-0.3, -0.25) is 4.79 Å². The van der Waals surface area contributed by atoms with Crippen LogP contribution in [0.15, 0.2) is 28.6 Å². The van der Waals surface area contributed by atoms with E-state index in [4.69, 9.17) is 9.47 Å². The van der Waals surface area contributed by atoms with Gasteiger partial charge in [-0.1, -0.05) is 35.2 Å². The third-order valence-corrected chi connectivity index (χ3v) is 5.51. The number of rotatable bonds is 6. The van der Waals surface area contributed by atoms with Gasteiger partial charge >= 0.3 is 0 Å². The van der Waals surface area contributed by atoms with Crippen LogP contribution in [0.1, 0.15) is 11.9 Å². The number of amides is 1. The number of likely N-dealkylation sites (N-methyl/N-ethyl adjacent to an activating group) is 1. The molecule has 1 aromatic carbocycles. The summed E-state index contributed by atoms with van der Waals surface area (Å²) in [6.45, 7) is 5.47. The highest BCUT2D eigenvalue weighted by Crippen LogP contribution is 2.31. The minimum atomic E-state index is -0.155. The van der Waals surface area contributed by atoms with E-state index in [1.165, 1.54) is 23.1 Å². The second-order valence-corrected chi connectivity index (χ2v) is 7.71. The average molecular weight is 365 g/mol. The molecule has 6 nitrogen and oxygen atoms in total. The number of hydrogen-bond acceptors (Lipinski definition) is 7. The Hall–Kier alpha value is -1.80. The van der Waals surface area contributed by atoms with Crippen molar-refractivity contribution in [3.63, 3.8) is 0 Å². The zero-order chi connectivity index (χ0) is 16.9. The van der Waals surface area contributed by atoms with Gasteiger partial charge in [-0.2, -0.15) is 0 Å². The van der Waals surface area contributed by atoms with Crippen molar-refractivity contribution in [3.05, 3.63) is 29.3 Å². The molecule has 0 N–H and O–H groups in total. The van der Waals surface area contributed by atoms with Gasteiger partial charge in [0, 0.05) is 6.54 Å². The number of carbonyl (C=O) groups is 1. The quantitative estimate of drug-likeness (QED) is 0.733. The summed E-state index contributed by atoms with van der Waals surface area (Å²) in [7, 11) is 0. The van der Waals surface area contributed by atoms with Gasteiger partial charge in [0.25, 0.3) is 0 Å². The summed E-state index contributed by atoms with van der Waals surface area (Å²) in [6.07, 6.45) is -0.155. The standard InChI is InChI=1S/C16H19N3O3S2/c1-3-19(15(20)10-23-16-18-17-11(2)24-16)8-12-9-21-13-6-4-5-7-14(13)22-12/h4-7,12H,3,8-10H2,1-2H3. The molecule has 1 aliphatic heterocycles. The molecule has 2 aromatic rings. The van der Waals surface area contributed by atoms with Gasteiger partial charge in [-0.25, -0.2) is 0 Å². The Kier molecular flexibility index (Phi) is 5.57. The molecule has 2 heterocycles. The number of fused-ring (bicyclic) bond motifs is 1. The van der Waals surface area contributed by atoms with E-state index in [-0.39, 0.29) is 12.0 Å². The van der Waals surface area contributed by atoms with E-state index in [1.807, 2.05) is 38.1 Å². The van der Waals surface area contributed by atoms with Crippen LogP contribution in [-0.4, -0.2) is 52.6 Å². The first-order valence-corrected chi connectivity index (χ1v) is 9.55. The predicted molar refractivity (Wildman–Crippen MR) is 94.0 cm³/mol. The molecule has 1 amide bonds. The highest BCUT2D eigenvalue weighted by atomic mass is 32.2. The molecule has 1 unspecified atom stereocenters. The fourth-order valence-corrected chi connectivity index (χ4v) is 4.08. The largest absolute Gasteiger partial charge is 0.486 e. The second kappa shape index (κ2) is 7.85. The lowest BCUT2D eigenvalue weighted by Crippen LogP contribution is -2.44. The van der Waals surface area contributed by atoms with Crippen LogP contribution in [0.5, 0.6) is 11.5 Å². The van der Waals surface area contributed by atoms with Crippen molar-refractivity contribution >= 4 is 29.0 Å². The summed E-state index contributed by atoms with van der Waals surface area (Å²) in [5.41, 5.74) is 0. The molecule has 8 heteroatoms. The minimum Gasteiger partial charge on any atom is -0.486 e. The van der Waals surface area contributed by atoms with Gasteiger partial charge in [0.05, 0.1) is 12.3 Å². The third kappa shape index (κ3) is 4.18. The maximum absolute atomic E-state index is 12.4. The number of thioether (sulfide) groups is 1. The van der Waals surface area contributed by atoms with Crippen molar-refractivity contribution < 1.29 is 14.3 Å². The van der Waals surface area contributed by atoms with E-state index in [0.717, 1.165) is 20.8 Å². The van der Waals surface area contributed by atoms with Crippen molar-refractivity contribution in [2.45, 2.75) is 24.3 Å². The molecule has 0 saturated carbocycles. The smallest absolute Gasteiger partial charge is 0.233 e. The number of para-hydroxylation sites is 2. The van der Waals surface area contributed by atoms with Gasteiger partial charge in [0.2, 0.25) is 5.91 Å². The number of nitrogens with zero attached hydrogens (tertiary/aromatic N) is 3. The SMILES string of the molecule is CCN(CC1COc2ccccc2O1)C(=O)CSc1nnc(C)s1. The molecule has 0 saturated heterocycles. The van der Waals surface area contributed by atoms with Gasteiger partial charge < -0.3 is 14.4 Å². The number of hydrogen-bond donors (Lipinski definition) is 0. The van der Waals surface area contributed by atoms with Crippen molar-refractivity contribution in [2.24, 2.45) is 0 Å². The summed E-state index contributed by atoms with van der Waals surface area (Å²) < 4.78 is 12.5. The van der Waals surface area contributed by atoms with Crippen LogP contribution in [-0.2, 0) is 4.79 Å². The van der Waals surface area contributed by atoms with Gasteiger partial charge in [0.15, 0.2) is 21.9 Å². The molecule has 3 rings (SSSR count). The number of aromatic nitrogens is 2. The fourth-order valence-electron chi connectivity index (χ4n) is 2.36. The lowest BCUT2D eigenvalue weighted by Gasteiger charge is -2.30. The summed E-state index contributed by atoms with van der Waals surface area (Å²) in [5.74, 6) is 1.91. The van der Waals surface area contributed by atoms with Gasteiger partial charge in [-0.15, -0.1) is 10.2 Å². The van der Waals surface area contributed by atoms with E-state index >= 15 is 0 Å². The van der Waals surface area contributed by atoms with Crippen LogP contribution in [0, 0.1) is 6.92 Å². The molecule has 24 heavy (non-hydrogen) atoms. The molecule has 0 aliphatic carbocycles. The molecular weight excluding hydrogens is 346 g/mol. The molecule has 1 aromatic heterocycles. The summed E-state index contributed by atoms with van der Waals surface area (Å²) in [5, 5.41) is 8.90. The molecule has 128 valence electrons. The van der Waals surface area contributed by atoms with Crippen LogP contribution < -0.4 is 9.47 Å². The lowest BCUT2D eigenvalue weighted by molar-refractivity contribution is -0.129. The van der Waals surface area contributed by atoms with E-state index in [0.29, 0.717) is 25.4 Å².